The van der Waals surface area contributed by atoms with E-state index in [1.165, 1.54) is 11.3 Å². The van der Waals surface area contributed by atoms with Crippen molar-refractivity contribution in [2.45, 2.75) is 19.8 Å². The number of nitrogens with zero attached hydrogens (tertiary/aromatic N) is 2. The molecule has 1 N–H and O–H groups in total. The molecule has 0 saturated carbocycles. The van der Waals surface area contributed by atoms with Crippen molar-refractivity contribution in [3.8, 4) is 0 Å². The molecule has 0 aliphatic carbocycles. The summed E-state index contributed by atoms with van der Waals surface area (Å²) in [4.78, 5) is 17.9. The van der Waals surface area contributed by atoms with Crippen molar-refractivity contribution in [3.63, 3.8) is 0 Å². The number of carboxylic acid groups (broad SMARTS) is 1. The first-order valence-corrected chi connectivity index (χ1v) is 5.62. The number of hydrogen-bond acceptors (Lipinski definition) is 4. The number of aryl methyl sites for hydroxylation is 1. The highest BCUT2D eigenvalue weighted by Crippen LogP contribution is 2.19. The van der Waals surface area contributed by atoms with Gasteiger partial charge in [-0.1, -0.05) is 0 Å². The minimum Gasteiger partial charge on any atom is -0.481 e. The highest BCUT2D eigenvalue weighted by molar-refractivity contribution is 7.11. The third kappa shape index (κ3) is 3.97. The van der Waals surface area contributed by atoms with Gasteiger partial charge in [0, 0.05) is 17.8 Å². The minimum absolute atomic E-state index is 0.0888. The molecule has 15 heavy (non-hydrogen) atoms. The molecule has 0 aromatic carbocycles. The lowest BCUT2D eigenvalue weighted by Gasteiger charge is -2.06. The van der Waals surface area contributed by atoms with Crippen LogP contribution in [0.3, 0.4) is 0 Å². The summed E-state index contributed by atoms with van der Waals surface area (Å²) in [6.45, 7) is 2.81. The maximum absolute atomic E-state index is 10.6. The fourth-order valence-corrected chi connectivity index (χ4v) is 2.27. The van der Waals surface area contributed by atoms with Crippen LogP contribution in [-0.2, 0) is 17.6 Å². The zero-order valence-corrected chi connectivity index (χ0v) is 10.1. The molecule has 0 unspecified atom stereocenters. The summed E-state index contributed by atoms with van der Waals surface area (Å²) < 4.78 is 0. The molecule has 0 atom stereocenters. The van der Waals surface area contributed by atoms with E-state index < -0.39 is 5.97 Å². The van der Waals surface area contributed by atoms with Crippen LogP contribution in [0.4, 0.5) is 0 Å². The second kappa shape index (κ2) is 5.23. The summed E-state index contributed by atoms with van der Waals surface area (Å²) in [6, 6.07) is 0. The third-order valence-corrected chi connectivity index (χ3v) is 3.24. The van der Waals surface area contributed by atoms with Gasteiger partial charge < -0.3 is 10.0 Å². The van der Waals surface area contributed by atoms with Crippen LogP contribution in [0.25, 0.3) is 0 Å². The Morgan fingerprint density at radius 1 is 1.53 bits per heavy atom. The third-order valence-electron chi connectivity index (χ3n) is 2.02. The molecule has 0 amide bonds. The van der Waals surface area contributed by atoms with Crippen LogP contribution in [0.1, 0.15) is 15.6 Å². The van der Waals surface area contributed by atoms with Crippen molar-refractivity contribution in [1.82, 2.24) is 9.88 Å². The second-order valence-corrected chi connectivity index (χ2v) is 4.91. The molecule has 1 aromatic heterocycles. The zero-order valence-electron chi connectivity index (χ0n) is 9.28. The van der Waals surface area contributed by atoms with Crippen molar-refractivity contribution >= 4 is 17.3 Å². The summed E-state index contributed by atoms with van der Waals surface area (Å²) in [5, 5.41) is 9.71. The van der Waals surface area contributed by atoms with Gasteiger partial charge in [-0.25, -0.2) is 4.98 Å². The van der Waals surface area contributed by atoms with Crippen LogP contribution in [0.15, 0.2) is 0 Å². The van der Waals surface area contributed by atoms with Crippen molar-refractivity contribution in [2.75, 3.05) is 20.6 Å². The van der Waals surface area contributed by atoms with Crippen LogP contribution in [-0.4, -0.2) is 41.6 Å². The molecule has 1 rings (SSSR count). The second-order valence-electron chi connectivity index (χ2n) is 3.74. The van der Waals surface area contributed by atoms with Crippen molar-refractivity contribution in [2.24, 2.45) is 0 Å². The number of aliphatic carboxylic acids is 1. The predicted molar refractivity (Wildman–Crippen MR) is 60.4 cm³/mol. The molecule has 0 radical (unpaired) electrons. The Kier molecular flexibility index (Phi) is 4.23. The molecule has 5 heteroatoms. The summed E-state index contributed by atoms with van der Waals surface area (Å²) in [5.74, 6) is -0.791. The number of likely N-dealkylation sites (N-methyl/N-ethyl adjacent to an activating group) is 1. The predicted octanol–water partition coefficient (Wildman–Crippen LogP) is 1.18. The first kappa shape index (κ1) is 12.1. The minimum atomic E-state index is -0.791. The van der Waals surface area contributed by atoms with E-state index in [1.807, 2.05) is 21.0 Å². The average molecular weight is 228 g/mol. The van der Waals surface area contributed by atoms with Crippen molar-refractivity contribution in [3.05, 3.63) is 15.6 Å². The molecule has 0 fully saturated rings. The molecule has 0 aliphatic heterocycles. The SMILES string of the molecule is Cc1nc(CCN(C)C)sc1CC(=O)O. The summed E-state index contributed by atoms with van der Waals surface area (Å²) in [5.41, 5.74) is 0.858. The van der Waals surface area contributed by atoms with Gasteiger partial charge in [0.2, 0.25) is 0 Å². The van der Waals surface area contributed by atoms with Gasteiger partial charge >= 0.3 is 5.97 Å². The van der Waals surface area contributed by atoms with Gasteiger partial charge in [-0.2, -0.15) is 0 Å². The van der Waals surface area contributed by atoms with Crippen molar-refractivity contribution < 1.29 is 9.90 Å². The van der Waals surface area contributed by atoms with Gasteiger partial charge in [-0.15, -0.1) is 11.3 Å². The number of thiazole rings is 1. The molecular formula is C10H16N2O2S. The van der Waals surface area contributed by atoms with E-state index in [-0.39, 0.29) is 6.42 Å². The molecule has 0 saturated heterocycles. The number of carbonyl (C=O) groups is 1. The fraction of sp³-hybridized carbons (Fsp3) is 0.600. The van der Waals surface area contributed by atoms with Crippen molar-refractivity contribution in [1.29, 1.82) is 0 Å². The average Bonchev–Trinajstić information content (AvgIpc) is 2.43. The molecule has 1 aromatic rings. The Bertz CT molecular complexity index is 347. The fourth-order valence-electron chi connectivity index (χ4n) is 1.22. The summed E-state index contributed by atoms with van der Waals surface area (Å²) in [7, 11) is 4.03. The molecule has 0 bridgehead atoms. The molecule has 0 spiro atoms. The van der Waals surface area contributed by atoms with E-state index in [0.29, 0.717) is 0 Å². The van der Waals surface area contributed by atoms with Gasteiger partial charge in [-0.05, 0) is 21.0 Å². The van der Waals surface area contributed by atoms with Gasteiger partial charge in [-0.3, -0.25) is 4.79 Å². The quantitative estimate of drug-likeness (QED) is 0.822. The number of carboxylic acids is 1. The maximum atomic E-state index is 10.6. The Balaban J connectivity index is 2.64. The monoisotopic (exact) mass is 228 g/mol. The summed E-state index contributed by atoms with van der Waals surface area (Å²) in [6.07, 6.45) is 0.976. The van der Waals surface area contributed by atoms with Gasteiger partial charge in [0.15, 0.2) is 0 Å². The Morgan fingerprint density at radius 2 is 2.20 bits per heavy atom. The molecule has 1 heterocycles. The Hall–Kier alpha value is -0.940. The van der Waals surface area contributed by atoms with Crippen LogP contribution < -0.4 is 0 Å². The van der Waals surface area contributed by atoms with Gasteiger partial charge in [0.25, 0.3) is 0 Å². The van der Waals surface area contributed by atoms with E-state index in [2.05, 4.69) is 9.88 Å². The maximum Gasteiger partial charge on any atom is 0.308 e. The number of hydrogen-bond donors (Lipinski definition) is 1. The van der Waals surface area contributed by atoms with Gasteiger partial charge in [0.05, 0.1) is 17.1 Å². The highest BCUT2D eigenvalue weighted by Gasteiger charge is 2.10. The normalized spacial score (nSPS) is 10.9. The Labute approximate surface area is 93.6 Å². The van der Waals surface area contributed by atoms with Crippen LogP contribution in [0.5, 0.6) is 0 Å². The standard InChI is InChI=1S/C10H16N2O2S/c1-7-8(6-10(13)14)15-9(11-7)4-5-12(2)3/h4-6H2,1-3H3,(H,13,14). The lowest BCUT2D eigenvalue weighted by molar-refractivity contribution is -0.136. The topological polar surface area (TPSA) is 53.4 Å². The number of aromatic nitrogens is 1. The van der Waals surface area contributed by atoms with E-state index >= 15 is 0 Å². The highest BCUT2D eigenvalue weighted by atomic mass is 32.1. The van der Waals surface area contributed by atoms with E-state index in [1.54, 1.807) is 0 Å². The van der Waals surface area contributed by atoms with E-state index in [4.69, 9.17) is 5.11 Å². The van der Waals surface area contributed by atoms with Crippen LogP contribution in [0, 0.1) is 6.92 Å². The number of rotatable bonds is 5. The molecule has 84 valence electrons. The van der Waals surface area contributed by atoms with Crippen LogP contribution in [0.2, 0.25) is 0 Å². The zero-order chi connectivity index (χ0) is 11.4. The molecule has 0 aliphatic rings. The van der Waals surface area contributed by atoms with Gasteiger partial charge in [0.1, 0.15) is 0 Å². The lowest BCUT2D eigenvalue weighted by Crippen LogP contribution is -2.14. The lowest BCUT2D eigenvalue weighted by atomic mass is 10.3. The van der Waals surface area contributed by atoms with Crippen LogP contribution >= 0.6 is 11.3 Å². The smallest absolute Gasteiger partial charge is 0.308 e. The first-order chi connectivity index (χ1) is 6.99. The Morgan fingerprint density at radius 3 is 2.73 bits per heavy atom. The van der Waals surface area contributed by atoms with E-state index in [9.17, 15) is 4.79 Å². The largest absolute Gasteiger partial charge is 0.481 e. The summed E-state index contributed by atoms with van der Waals surface area (Å²) >= 11 is 1.51. The van der Waals surface area contributed by atoms with E-state index in [0.717, 1.165) is 28.5 Å². The molecule has 4 nitrogen and oxygen atoms in total. The first-order valence-electron chi connectivity index (χ1n) is 4.80. The molecular weight excluding hydrogens is 212 g/mol.